The van der Waals surface area contributed by atoms with Crippen molar-refractivity contribution >= 4 is 33.2 Å². The molecule has 50 heavy (non-hydrogen) atoms. The van der Waals surface area contributed by atoms with Crippen molar-refractivity contribution in [3.8, 4) is 28.4 Å². The molecule has 0 spiro atoms. The predicted molar refractivity (Wildman–Crippen MR) is 201 cm³/mol. The molecule has 0 radical (unpaired) electrons. The monoisotopic (exact) mass is 832 g/mol. The fourth-order valence-electron chi connectivity index (χ4n) is 7.00. The van der Waals surface area contributed by atoms with Gasteiger partial charge in [-0.1, -0.05) is 41.9 Å². The van der Waals surface area contributed by atoms with Crippen LogP contribution in [-0.2, 0) is 21.1 Å². The van der Waals surface area contributed by atoms with Crippen molar-refractivity contribution in [1.82, 2.24) is 9.55 Å². The van der Waals surface area contributed by atoms with Gasteiger partial charge in [0.25, 0.3) is 0 Å². The minimum atomic E-state index is 0. The summed E-state index contributed by atoms with van der Waals surface area (Å²) in [5, 5.41) is 2.23. The van der Waals surface area contributed by atoms with Crippen molar-refractivity contribution in [2.45, 2.75) is 41.5 Å². The van der Waals surface area contributed by atoms with E-state index in [4.69, 9.17) is 9.72 Å². The minimum Gasteiger partial charge on any atom is -0.509 e. The fraction of sp³-hybridized carbons (Fsp3) is 0.136. The number of nitrogens with zero attached hydrogens (tertiary/aromatic N) is 4. The Morgan fingerprint density at radius 3 is 2.20 bits per heavy atom. The zero-order chi connectivity index (χ0) is 33.8. The molecule has 3 heterocycles. The van der Waals surface area contributed by atoms with Crippen LogP contribution in [0.1, 0.15) is 33.4 Å². The second kappa shape index (κ2) is 13.3. The van der Waals surface area contributed by atoms with E-state index in [2.05, 4.69) is 154 Å². The van der Waals surface area contributed by atoms with E-state index in [0.29, 0.717) is 11.5 Å². The number of aromatic nitrogens is 2. The van der Waals surface area contributed by atoms with Gasteiger partial charge in [0.2, 0.25) is 0 Å². The second-order valence-electron chi connectivity index (χ2n) is 12.9. The van der Waals surface area contributed by atoms with Gasteiger partial charge < -0.3 is 19.1 Å². The van der Waals surface area contributed by atoms with E-state index in [-0.39, 0.29) is 21.1 Å². The molecule has 8 rings (SSSR count). The minimum absolute atomic E-state index is 0. The van der Waals surface area contributed by atoms with Gasteiger partial charge >= 0.3 is 0 Å². The van der Waals surface area contributed by atoms with Crippen molar-refractivity contribution in [2.24, 2.45) is 0 Å². The van der Waals surface area contributed by atoms with Gasteiger partial charge in [-0.15, -0.1) is 48.1 Å². The fourth-order valence-corrected chi connectivity index (χ4v) is 7.00. The Kier molecular flexibility index (Phi) is 8.88. The molecule has 1 aliphatic rings. The Balaban J connectivity index is 0.00000392. The summed E-state index contributed by atoms with van der Waals surface area (Å²) in [5.41, 5.74) is 14.1. The molecule has 5 nitrogen and oxygen atoms in total. The first-order chi connectivity index (χ1) is 23.8. The van der Waals surface area contributed by atoms with E-state index in [1.807, 2.05) is 30.5 Å². The summed E-state index contributed by atoms with van der Waals surface area (Å²) < 4.78 is 8.63. The second-order valence-corrected chi connectivity index (χ2v) is 12.9. The van der Waals surface area contributed by atoms with Crippen LogP contribution in [0.15, 0.2) is 110 Å². The molecule has 5 aromatic carbocycles. The van der Waals surface area contributed by atoms with Crippen LogP contribution >= 0.6 is 0 Å². The summed E-state index contributed by atoms with van der Waals surface area (Å²) in [6.45, 7) is 15.1. The maximum absolute atomic E-state index is 6.45. The Bertz CT molecular complexity index is 2420. The molecule has 252 valence electrons. The molecule has 0 aliphatic carbocycles. The van der Waals surface area contributed by atoms with Gasteiger partial charge in [-0.25, -0.2) is 4.98 Å². The van der Waals surface area contributed by atoms with Crippen LogP contribution in [0.3, 0.4) is 0 Å². The Labute approximate surface area is 308 Å². The Hall–Kier alpha value is -5.12. The smallest absolute Gasteiger partial charge is 0.136 e. The largest absolute Gasteiger partial charge is 0.509 e. The van der Waals surface area contributed by atoms with Crippen molar-refractivity contribution in [2.75, 3.05) is 9.80 Å². The first-order valence-electron chi connectivity index (χ1n) is 16.6. The van der Waals surface area contributed by atoms with E-state index in [9.17, 15) is 0 Å². The maximum atomic E-state index is 6.45. The van der Waals surface area contributed by atoms with Gasteiger partial charge in [-0.3, -0.25) is 0 Å². The van der Waals surface area contributed by atoms with E-state index < -0.39 is 0 Å². The average molecular weight is 833 g/mol. The van der Waals surface area contributed by atoms with Gasteiger partial charge in [0.1, 0.15) is 5.82 Å². The number of para-hydroxylation sites is 1. The summed E-state index contributed by atoms with van der Waals surface area (Å²) in [4.78, 5) is 9.09. The number of rotatable bonds is 6. The summed E-state index contributed by atoms with van der Waals surface area (Å²) in [5.74, 6) is 2.06. The summed E-state index contributed by atoms with van der Waals surface area (Å²) in [6.07, 6.45) is 6.03. The molecule has 0 amide bonds. The average Bonchev–Trinajstić information content (AvgIpc) is 3.72. The number of aryl methyl sites for hydroxylation is 3. The molecule has 7 aromatic rings. The number of pyridine rings is 1. The quantitative estimate of drug-likeness (QED) is 0.156. The molecule has 1 aliphatic heterocycles. The standard InChI is InChI=1S/C44H37N4O.Pt/c1-28-11-9-12-29(2)44(28)34-19-20-45-43(24-34)48-40-16-8-7-15-38(40)39-18-17-37(26-42(39)48)49-36-14-10-13-35(25-36)46-21-22-47(27-46)41-23-30(3)31(4)32(5)33(41)6;/h7-24,27H,1-6H3;/q-3;. The molecule has 0 saturated heterocycles. The number of ether oxygens (including phenoxy) is 1. The number of hydrogen-bond donors (Lipinski definition) is 0. The molecule has 0 unspecified atom stereocenters. The Morgan fingerprint density at radius 1 is 0.640 bits per heavy atom. The van der Waals surface area contributed by atoms with Crippen molar-refractivity contribution in [3.05, 3.63) is 162 Å². The van der Waals surface area contributed by atoms with E-state index >= 15 is 0 Å². The topological polar surface area (TPSA) is 33.5 Å². The van der Waals surface area contributed by atoms with Gasteiger partial charge in [-0.05, 0) is 128 Å². The van der Waals surface area contributed by atoms with Crippen LogP contribution in [0, 0.1) is 60.3 Å². The molecule has 0 saturated carbocycles. The molecular weight excluding hydrogens is 796 g/mol. The zero-order valence-corrected chi connectivity index (χ0v) is 31.3. The predicted octanol–water partition coefficient (Wildman–Crippen LogP) is 11.0. The Morgan fingerprint density at radius 2 is 1.38 bits per heavy atom. The number of benzene rings is 5. The molecule has 0 N–H and O–H groups in total. The number of hydrogen-bond acceptors (Lipinski definition) is 4. The first-order valence-corrected chi connectivity index (χ1v) is 16.6. The van der Waals surface area contributed by atoms with Crippen LogP contribution in [0.4, 0.5) is 11.4 Å². The zero-order valence-electron chi connectivity index (χ0n) is 29.0. The maximum Gasteiger partial charge on any atom is 0.136 e. The van der Waals surface area contributed by atoms with Crippen LogP contribution in [0.25, 0.3) is 38.8 Å². The van der Waals surface area contributed by atoms with Crippen LogP contribution < -0.4 is 14.5 Å². The van der Waals surface area contributed by atoms with Crippen molar-refractivity contribution < 1.29 is 25.8 Å². The van der Waals surface area contributed by atoms with Gasteiger partial charge in [0.15, 0.2) is 0 Å². The third-order valence-electron chi connectivity index (χ3n) is 9.92. The molecule has 2 aromatic heterocycles. The summed E-state index contributed by atoms with van der Waals surface area (Å²) in [7, 11) is 0. The van der Waals surface area contributed by atoms with Gasteiger partial charge in [-0.2, -0.15) is 12.1 Å². The van der Waals surface area contributed by atoms with Gasteiger partial charge in [0.05, 0.1) is 0 Å². The van der Waals surface area contributed by atoms with E-state index in [1.54, 1.807) is 0 Å². The van der Waals surface area contributed by atoms with Crippen molar-refractivity contribution in [1.29, 1.82) is 0 Å². The third-order valence-corrected chi connectivity index (χ3v) is 9.92. The van der Waals surface area contributed by atoms with Crippen LogP contribution in [0.2, 0.25) is 0 Å². The molecule has 0 fully saturated rings. The summed E-state index contributed by atoms with van der Waals surface area (Å²) in [6, 6.07) is 38.5. The van der Waals surface area contributed by atoms with E-state index in [0.717, 1.165) is 38.9 Å². The van der Waals surface area contributed by atoms with Crippen LogP contribution in [0.5, 0.6) is 11.5 Å². The van der Waals surface area contributed by atoms with E-state index in [1.165, 1.54) is 44.6 Å². The molecular formula is C44H37N4OPt-3. The number of anilines is 2. The van der Waals surface area contributed by atoms with Gasteiger partial charge in [0, 0.05) is 50.0 Å². The molecule has 0 bridgehead atoms. The molecule has 6 heteroatoms. The molecule has 0 atom stereocenters. The number of fused-ring (bicyclic) bond motifs is 3. The van der Waals surface area contributed by atoms with Crippen LogP contribution in [-0.4, -0.2) is 9.55 Å². The van der Waals surface area contributed by atoms with Crippen molar-refractivity contribution in [3.63, 3.8) is 0 Å². The normalized spacial score (nSPS) is 12.6. The summed E-state index contributed by atoms with van der Waals surface area (Å²) >= 11 is 0. The third kappa shape index (κ3) is 5.80. The SMILES string of the molecule is Cc1cc(N2C=CN(c3[c-]c(Oc4[c-]c5c(cc4)c4ccccc4n5-c4cc(-c5c(C)cccc5C)ccn4)ccc3)[CH-]2)c(C)c(C)c1C.[Pt]. The first kappa shape index (κ1) is 33.4.